The minimum Gasteiger partial charge on any atom is -0.309 e. The van der Waals surface area contributed by atoms with E-state index in [0.717, 1.165) is 76.0 Å². The van der Waals surface area contributed by atoms with Crippen molar-refractivity contribution in [3.05, 3.63) is 60.2 Å². The van der Waals surface area contributed by atoms with Crippen molar-refractivity contribution < 1.29 is 0 Å². The lowest BCUT2D eigenvalue weighted by Crippen LogP contribution is -2.28. The Balaban J connectivity index is 1.44. The van der Waals surface area contributed by atoms with E-state index in [9.17, 15) is 0 Å². The minimum atomic E-state index is 0.746. The normalized spacial score (nSPS) is 13.5. The van der Waals surface area contributed by atoms with Gasteiger partial charge < -0.3 is 5.32 Å². The number of nitrogens with one attached hydrogen (secondary N) is 2. The van der Waals surface area contributed by atoms with E-state index in [1.165, 1.54) is 0 Å². The van der Waals surface area contributed by atoms with Crippen LogP contribution in [-0.4, -0.2) is 46.7 Å². The predicted octanol–water partition coefficient (Wildman–Crippen LogP) is 2.75. The quantitative estimate of drug-likeness (QED) is 0.471. The number of nitrogens with zero attached hydrogens (tertiary/aromatic N) is 7. The molecule has 5 aromatic heterocycles. The average Bonchev–Trinajstić information content (AvgIpc) is 3.46. The molecule has 9 heteroatoms. The molecular formula is C22H19N9. The number of rotatable bonds is 3. The van der Waals surface area contributed by atoms with Crippen LogP contribution in [0.4, 0.5) is 0 Å². The second-order valence-electron chi connectivity index (χ2n) is 7.57. The highest BCUT2D eigenvalue weighted by atomic mass is 15.4. The first-order valence-electron chi connectivity index (χ1n) is 10.1. The summed E-state index contributed by atoms with van der Waals surface area (Å²) < 4.78 is 1.95. The second-order valence-corrected chi connectivity index (χ2v) is 7.57. The first-order chi connectivity index (χ1) is 15.3. The minimum absolute atomic E-state index is 0.746. The maximum atomic E-state index is 4.89. The molecule has 0 amide bonds. The maximum Gasteiger partial charge on any atom is 0.119 e. The van der Waals surface area contributed by atoms with Crippen LogP contribution in [0.1, 0.15) is 11.4 Å². The van der Waals surface area contributed by atoms with Gasteiger partial charge in [-0.25, -0.2) is 9.67 Å². The highest BCUT2D eigenvalue weighted by Gasteiger charge is 2.19. The molecule has 0 unspecified atom stereocenters. The van der Waals surface area contributed by atoms with Gasteiger partial charge in [0, 0.05) is 36.1 Å². The molecule has 6 heterocycles. The summed E-state index contributed by atoms with van der Waals surface area (Å²) in [6.07, 6.45) is 3.62. The number of aryl methyl sites for hydroxylation is 1. The predicted molar refractivity (Wildman–Crippen MR) is 116 cm³/mol. The highest BCUT2D eigenvalue weighted by molar-refractivity contribution is 5.84. The molecule has 152 valence electrons. The van der Waals surface area contributed by atoms with Crippen LogP contribution in [-0.2, 0) is 13.1 Å². The second kappa shape index (κ2) is 7.06. The van der Waals surface area contributed by atoms with Crippen LogP contribution in [0, 0.1) is 6.92 Å². The van der Waals surface area contributed by atoms with E-state index in [1.807, 2.05) is 54.2 Å². The van der Waals surface area contributed by atoms with Gasteiger partial charge in [0.2, 0.25) is 0 Å². The monoisotopic (exact) mass is 409 g/mol. The molecule has 0 bridgehead atoms. The number of aromatic nitrogens is 8. The fraction of sp³-hybridized carbons (Fsp3) is 0.182. The Bertz CT molecular complexity index is 1420. The van der Waals surface area contributed by atoms with E-state index >= 15 is 0 Å². The third-order valence-electron chi connectivity index (χ3n) is 5.50. The molecule has 31 heavy (non-hydrogen) atoms. The topological polar surface area (TPSA) is 110 Å². The van der Waals surface area contributed by atoms with Gasteiger partial charge in [-0.2, -0.15) is 5.10 Å². The third-order valence-corrected chi connectivity index (χ3v) is 5.50. The summed E-state index contributed by atoms with van der Waals surface area (Å²) in [5.41, 5.74) is 8.80. The molecule has 0 aromatic carbocycles. The van der Waals surface area contributed by atoms with Crippen LogP contribution in [0.25, 0.3) is 44.9 Å². The summed E-state index contributed by atoms with van der Waals surface area (Å²) in [7, 11) is 0. The van der Waals surface area contributed by atoms with Gasteiger partial charge in [-0.1, -0.05) is 11.3 Å². The molecule has 9 nitrogen and oxygen atoms in total. The molecular weight excluding hydrogens is 390 g/mol. The lowest BCUT2D eigenvalue weighted by Gasteiger charge is -2.14. The molecule has 5 aromatic rings. The van der Waals surface area contributed by atoms with Gasteiger partial charge in [-0.15, -0.1) is 5.10 Å². The number of hydrogen-bond donors (Lipinski definition) is 2. The van der Waals surface area contributed by atoms with E-state index in [4.69, 9.17) is 4.98 Å². The van der Waals surface area contributed by atoms with Gasteiger partial charge in [0.1, 0.15) is 5.69 Å². The summed E-state index contributed by atoms with van der Waals surface area (Å²) in [4.78, 5) is 14.1. The Morgan fingerprint density at radius 2 is 1.97 bits per heavy atom. The van der Waals surface area contributed by atoms with E-state index in [2.05, 4.69) is 35.8 Å². The number of pyridine rings is 3. The molecule has 1 aliphatic rings. The van der Waals surface area contributed by atoms with Gasteiger partial charge in [-0.3, -0.25) is 15.1 Å². The Labute approximate surface area is 177 Å². The maximum absolute atomic E-state index is 4.89. The Morgan fingerprint density at radius 1 is 1.00 bits per heavy atom. The van der Waals surface area contributed by atoms with Crippen LogP contribution in [0.3, 0.4) is 0 Å². The summed E-state index contributed by atoms with van der Waals surface area (Å²) >= 11 is 0. The van der Waals surface area contributed by atoms with Gasteiger partial charge in [0.15, 0.2) is 0 Å². The molecule has 1 aliphatic heterocycles. The Kier molecular flexibility index (Phi) is 4.07. The summed E-state index contributed by atoms with van der Waals surface area (Å²) in [6.45, 7) is 4.44. The van der Waals surface area contributed by atoms with Crippen LogP contribution >= 0.6 is 0 Å². The number of H-pyrrole nitrogens is 1. The number of fused-ring (bicyclic) bond motifs is 2. The molecule has 2 N–H and O–H groups in total. The van der Waals surface area contributed by atoms with Crippen molar-refractivity contribution in [2.24, 2.45) is 0 Å². The van der Waals surface area contributed by atoms with Crippen molar-refractivity contribution in [1.82, 2.24) is 45.5 Å². The zero-order valence-electron chi connectivity index (χ0n) is 16.9. The van der Waals surface area contributed by atoms with Gasteiger partial charge in [-0.05, 0) is 37.3 Å². The van der Waals surface area contributed by atoms with Crippen LogP contribution in [0.2, 0.25) is 0 Å². The first kappa shape index (κ1) is 17.8. The molecule has 0 radical (unpaired) electrons. The third kappa shape index (κ3) is 3.06. The largest absolute Gasteiger partial charge is 0.309 e. The van der Waals surface area contributed by atoms with Crippen molar-refractivity contribution in [3.63, 3.8) is 0 Å². The van der Waals surface area contributed by atoms with Crippen molar-refractivity contribution in [2.75, 3.05) is 6.54 Å². The first-order valence-corrected chi connectivity index (χ1v) is 10.1. The fourth-order valence-electron chi connectivity index (χ4n) is 3.95. The van der Waals surface area contributed by atoms with Gasteiger partial charge >= 0.3 is 0 Å². The molecule has 0 spiro atoms. The van der Waals surface area contributed by atoms with Crippen LogP contribution in [0.5, 0.6) is 0 Å². The molecule has 0 fully saturated rings. The molecule has 0 atom stereocenters. The number of aromatic amines is 1. The lowest BCUT2D eigenvalue weighted by atomic mass is 10.1. The van der Waals surface area contributed by atoms with Crippen molar-refractivity contribution in [3.8, 4) is 33.9 Å². The zero-order chi connectivity index (χ0) is 20.8. The smallest absolute Gasteiger partial charge is 0.119 e. The molecule has 6 rings (SSSR count). The van der Waals surface area contributed by atoms with E-state index < -0.39 is 0 Å². The standard InChI is InChI=1S/C22H19N9/c1-13-3-2-4-18(26-13)22-15(11-25-28-22)16-5-6-17-19(27-16)9-14(10-24-17)21-20-12-23-7-8-31(20)30-29-21/h2-6,9-11,23H,7-8,12H2,1H3,(H,25,28). The van der Waals surface area contributed by atoms with Crippen molar-refractivity contribution >= 4 is 11.0 Å². The van der Waals surface area contributed by atoms with Crippen LogP contribution < -0.4 is 5.32 Å². The zero-order valence-corrected chi connectivity index (χ0v) is 16.9. The SMILES string of the molecule is Cc1cccc(-c2[nH]ncc2-c2ccc3ncc(-c4nnn5c4CNCC5)cc3n2)n1. The van der Waals surface area contributed by atoms with Crippen molar-refractivity contribution in [2.45, 2.75) is 20.0 Å². The van der Waals surface area contributed by atoms with E-state index in [0.29, 0.717) is 0 Å². The fourth-order valence-corrected chi connectivity index (χ4v) is 3.95. The lowest BCUT2D eigenvalue weighted by molar-refractivity contribution is 0.468. The average molecular weight is 409 g/mol. The van der Waals surface area contributed by atoms with E-state index in [1.54, 1.807) is 6.20 Å². The van der Waals surface area contributed by atoms with Crippen molar-refractivity contribution in [1.29, 1.82) is 0 Å². The Morgan fingerprint density at radius 3 is 2.90 bits per heavy atom. The molecule has 0 saturated heterocycles. The molecule has 0 aliphatic carbocycles. The van der Waals surface area contributed by atoms with Gasteiger partial charge in [0.25, 0.3) is 0 Å². The van der Waals surface area contributed by atoms with Crippen LogP contribution in [0.15, 0.2) is 48.8 Å². The summed E-state index contributed by atoms with van der Waals surface area (Å²) in [6, 6.07) is 11.9. The Hall–Kier alpha value is -3.98. The highest BCUT2D eigenvalue weighted by Crippen LogP contribution is 2.30. The van der Waals surface area contributed by atoms with Gasteiger partial charge in [0.05, 0.1) is 46.6 Å². The molecule has 0 saturated carbocycles. The number of hydrogen-bond acceptors (Lipinski definition) is 7. The summed E-state index contributed by atoms with van der Waals surface area (Å²) in [5.74, 6) is 0. The van der Waals surface area contributed by atoms with E-state index in [-0.39, 0.29) is 0 Å². The summed E-state index contributed by atoms with van der Waals surface area (Å²) in [5, 5.41) is 19.4.